The van der Waals surface area contributed by atoms with Crippen molar-refractivity contribution in [3.63, 3.8) is 0 Å². The minimum Gasteiger partial charge on any atom is -0.311 e. The zero-order valence-electron chi connectivity index (χ0n) is 12.0. The summed E-state index contributed by atoms with van der Waals surface area (Å²) in [6.07, 6.45) is 0. The van der Waals surface area contributed by atoms with Crippen molar-refractivity contribution < 1.29 is 4.92 Å². The van der Waals surface area contributed by atoms with Crippen LogP contribution in [0.4, 0.5) is 5.69 Å². The zero-order valence-corrected chi connectivity index (χ0v) is 12.0. The van der Waals surface area contributed by atoms with Gasteiger partial charge in [0.2, 0.25) is 0 Å². The number of aromatic nitrogens is 1. The Morgan fingerprint density at radius 2 is 1.62 bits per heavy atom. The number of aryl methyl sites for hydroxylation is 3. The molecule has 0 aliphatic rings. The summed E-state index contributed by atoms with van der Waals surface area (Å²) in [4.78, 5) is 23.0. The second kappa shape index (κ2) is 4.41. The second-order valence-corrected chi connectivity index (χ2v) is 5.30. The number of hydrogen-bond donors (Lipinski definition) is 0. The highest BCUT2D eigenvalue weighted by Gasteiger charge is 2.13. The SMILES string of the molecule is Cc1cc2c(=O)n(C)c3ccc([N+](=O)[O-])cc3c2cc1C. The number of nitro groups is 1. The summed E-state index contributed by atoms with van der Waals surface area (Å²) >= 11 is 0. The normalized spacial score (nSPS) is 11.2. The predicted octanol–water partition coefficient (Wildman–Crippen LogP) is 3.22. The molecule has 5 nitrogen and oxygen atoms in total. The van der Waals surface area contributed by atoms with Gasteiger partial charge in [0.1, 0.15) is 0 Å². The fourth-order valence-electron chi connectivity index (χ4n) is 2.65. The lowest BCUT2D eigenvalue weighted by Crippen LogP contribution is -2.17. The highest BCUT2D eigenvalue weighted by Crippen LogP contribution is 2.28. The smallest absolute Gasteiger partial charge is 0.270 e. The number of non-ortho nitro benzene ring substituents is 1. The Labute approximate surface area is 120 Å². The van der Waals surface area contributed by atoms with Gasteiger partial charge in [-0.1, -0.05) is 6.07 Å². The maximum Gasteiger partial charge on any atom is 0.270 e. The van der Waals surface area contributed by atoms with Gasteiger partial charge in [0, 0.05) is 30.0 Å². The molecule has 106 valence electrons. The number of rotatable bonds is 1. The number of nitrogens with zero attached hydrogens (tertiary/aromatic N) is 2. The lowest BCUT2D eigenvalue weighted by molar-refractivity contribution is -0.384. The summed E-state index contributed by atoms with van der Waals surface area (Å²) in [5.74, 6) is 0. The van der Waals surface area contributed by atoms with Gasteiger partial charge in [-0.25, -0.2) is 0 Å². The van der Waals surface area contributed by atoms with E-state index >= 15 is 0 Å². The molecule has 0 N–H and O–H groups in total. The second-order valence-electron chi connectivity index (χ2n) is 5.30. The lowest BCUT2D eigenvalue weighted by Gasteiger charge is -2.11. The van der Waals surface area contributed by atoms with E-state index in [9.17, 15) is 14.9 Å². The van der Waals surface area contributed by atoms with E-state index in [0.29, 0.717) is 10.9 Å². The van der Waals surface area contributed by atoms with E-state index in [1.807, 2.05) is 26.0 Å². The Kier molecular flexibility index (Phi) is 2.79. The number of pyridine rings is 1. The van der Waals surface area contributed by atoms with Crippen molar-refractivity contribution >= 4 is 27.4 Å². The molecule has 1 heterocycles. The average molecular weight is 282 g/mol. The summed E-state index contributed by atoms with van der Waals surface area (Å²) in [5.41, 5.74) is 2.73. The summed E-state index contributed by atoms with van der Waals surface area (Å²) in [5, 5.41) is 13.1. The molecule has 0 amide bonds. The molecule has 0 aliphatic heterocycles. The Balaban J connectivity index is 2.61. The third-order valence-corrected chi connectivity index (χ3v) is 4.01. The van der Waals surface area contributed by atoms with E-state index in [2.05, 4.69) is 0 Å². The van der Waals surface area contributed by atoms with Gasteiger partial charge < -0.3 is 4.57 Å². The molecule has 3 rings (SSSR count). The first-order valence-corrected chi connectivity index (χ1v) is 6.58. The molecule has 3 aromatic rings. The van der Waals surface area contributed by atoms with E-state index in [0.717, 1.165) is 21.9 Å². The molecule has 5 heteroatoms. The summed E-state index contributed by atoms with van der Waals surface area (Å²) in [7, 11) is 1.69. The van der Waals surface area contributed by atoms with Crippen molar-refractivity contribution in [3.8, 4) is 0 Å². The average Bonchev–Trinajstić information content (AvgIpc) is 2.46. The van der Waals surface area contributed by atoms with E-state index in [1.165, 1.54) is 16.7 Å². The van der Waals surface area contributed by atoms with Crippen LogP contribution in [0.2, 0.25) is 0 Å². The Bertz CT molecular complexity index is 971. The van der Waals surface area contributed by atoms with Gasteiger partial charge in [0.15, 0.2) is 0 Å². The quantitative estimate of drug-likeness (QED) is 0.391. The van der Waals surface area contributed by atoms with E-state index in [1.54, 1.807) is 13.1 Å². The largest absolute Gasteiger partial charge is 0.311 e. The first kappa shape index (κ1) is 13.3. The molecule has 0 fully saturated rings. The Morgan fingerprint density at radius 3 is 2.24 bits per heavy atom. The minimum absolute atomic E-state index is 0.0284. The molecule has 1 aromatic heterocycles. The maximum atomic E-state index is 12.5. The highest BCUT2D eigenvalue weighted by atomic mass is 16.6. The number of fused-ring (bicyclic) bond motifs is 3. The van der Waals surface area contributed by atoms with Crippen molar-refractivity contribution in [1.29, 1.82) is 0 Å². The molecule has 0 bridgehead atoms. The van der Waals surface area contributed by atoms with Crippen molar-refractivity contribution in [2.45, 2.75) is 13.8 Å². The van der Waals surface area contributed by atoms with Gasteiger partial charge >= 0.3 is 0 Å². The summed E-state index contributed by atoms with van der Waals surface area (Å²) in [6.45, 7) is 3.92. The molecule has 0 aliphatic carbocycles. The van der Waals surface area contributed by atoms with E-state index < -0.39 is 4.92 Å². The highest BCUT2D eigenvalue weighted by molar-refractivity contribution is 6.06. The third kappa shape index (κ3) is 1.89. The lowest BCUT2D eigenvalue weighted by atomic mass is 10.00. The van der Waals surface area contributed by atoms with Crippen LogP contribution in [0.25, 0.3) is 21.7 Å². The van der Waals surface area contributed by atoms with Crippen LogP contribution in [-0.2, 0) is 7.05 Å². The first-order chi connectivity index (χ1) is 9.90. The third-order valence-electron chi connectivity index (χ3n) is 4.01. The van der Waals surface area contributed by atoms with Gasteiger partial charge in [-0.05, 0) is 42.5 Å². The fourth-order valence-corrected chi connectivity index (χ4v) is 2.65. The monoisotopic (exact) mass is 282 g/mol. The van der Waals surface area contributed by atoms with Crippen LogP contribution in [0.3, 0.4) is 0 Å². The fraction of sp³-hybridized carbons (Fsp3) is 0.188. The molecular formula is C16H14N2O3. The summed E-state index contributed by atoms with van der Waals surface area (Å²) in [6, 6.07) is 8.37. The van der Waals surface area contributed by atoms with Crippen LogP contribution >= 0.6 is 0 Å². The van der Waals surface area contributed by atoms with Crippen LogP contribution in [0.1, 0.15) is 11.1 Å². The molecule has 0 atom stereocenters. The van der Waals surface area contributed by atoms with Crippen molar-refractivity contribution in [2.75, 3.05) is 0 Å². The topological polar surface area (TPSA) is 65.1 Å². The predicted molar refractivity (Wildman–Crippen MR) is 82.8 cm³/mol. The van der Waals surface area contributed by atoms with E-state index in [4.69, 9.17) is 0 Å². The van der Waals surface area contributed by atoms with Crippen LogP contribution in [-0.4, -0.2) is 9.49 Å². The molecule has 0 radical (unpaired) electrons. The van der Waals surface area contributed by atoms with Gasteiger partial charge in [-0.15, -0.1) is 0 Å². The summed E-state index contributed by atoms with van der Waals surface area (Å²) < 4.78 is 1.54. The molecule has 0 saturated carbocycles. The van der Waals surface area contributed by atoms with Gasteiger partial charge in [-0.3, -0.25) is 14.9 Å². The van der Waals surface area contributed by atoms with Crippen molar-refractivity contribution in [2.24, 2.45) is 7.05 Å². The van der Waals surface area contributed by atoms with Crippen LogP contribution in [0.5, 0.6) is 0 Å². The maximum absolute atomic E-state index is 12.5. The molecular weight excluding hydrogens is 268 g/mol. The van der Waals surface area contributed by atoms with Crippen molar-refractivity contribution in [3.05, 3.63) is 61.9 Å². The number of nitro benzene ring substituents is 1. The molecule has 0 spiro atoms. The van der Waals surface area contributed by atoms with E-state index in [-0.39, 0.29) is 11.2 Å². The Hall–Kier alpha value is -2.69. The van der Waals surface area contributed by atoms with Crippen LogP contribution < -0.4 is 5.56 Å². The standard InChI is InChI=1S/C16H14N2O3/c1-9-6-12-13-8-11(18(20)21)4-5-15(13)17(3)16(19)14(12)7-10(9)2/h4-8H,1-3H3. The molecule has 0 saturated heterocycles. The molecule has 21 heavy (non-hydrogen) atoms. The molecule has 0 unspecified atom stereocenters. The minimum atomic E-state index is -0.419. The van der Waals surface area contributed by atoms with Crippen molar-refractivity contribution in [1.82, 2.24) is 4.57 Å². The first-order valence-electron chi connectivity index (χ1n) is 6.58. The van der Waals surface area contributed by atoms with Gasteiger partial charge in [0.05, 0.1) is 10.4 Å². The molecule has 2 aromatic carbocycles. The number of benzene rings is 2. The van der Waals surface area contributed by atoms with Gasteiger partial charge in [-0.2, -0.15) is 0 Å². The Morgan fingerprint density at radius 1 is 1.00 bits per heavy atom. The van der Waals surface area contributed by atoms with Gasteiger partial charge in [0.25, 0.3) is 11.2 Å². The zero-order chi connectivity index (χ0) is 15.3. The number of hydrogen-bond acceptors (Lipinski definition) is 3. The van der Waals surface area contributed by atoms with Crippen LogP contribution in [0.15, 0.2) is 35.1 Å². The van der Waals surface area contributed by atoms with Crippen LogP contribution in [0, 0.1) is 24.0 Å².